The van der Waals surface area contributed by atoms with Crippen molar-refractivity contribution in [3.05, 3.63) is 22.8 Å². The summed E-state index contributed by atoms with van der Waals surface area (Å²) >= 11 is 0. The summed E-state index contributed by atoms with van der Waals surface area (Å²) in [7, 11) is 0. The third-order valence-corrected chi connectivity index (χ3v) is 3.36. The molecule has 16 heavy (non-hydrogen) atoms. The monoisotopic (exact) mass is 218 g/mol. The lowest BCUT2D eigenvalue weighted by atomic mass is 10.0. The van der Waals surface area contributed by atoms with Gasteiger partial charge in [0.1, 0.15) is 5.82 Å². The molecule has 2 heterocycles. The maximum Gasteiger partial charge on any atom is 0.131 e. The molecule has 4 nitrogen and oxygen atoms in total. The van der Waals surface area contributed by atoms with E-state index in [0.717, 1.165) is 31.8 Å². The van der Waals surface area contributed by atoms with Gasteiger partial charge in [-0.25, -0.2) is 9.97 Å². The highest BCUT2D eigenvalue weighted by atomic mass is 15.0. The maximum atomic E-state index is 5.65. The van der Waals surface area contributed by atoms with Gasteiger partial charge in [0.2, 0.25) is 0 Å². The van der Waals surface area contributed by atoms with Crippen LogP contribution in [0.3, 0.4) is 0 Å². The molecule has 0 bridgehead atoms. The van der Waals surface area contributed by atoms with Crippen molar-refractivity contribution in [2.75, 3.05) is 13.1 Å². The molecule has 4 heteroatoms. The third kappa shape index (κ3) is 1.83. The Balaban J connectivity index is 2.01. The van der Waals surface area contributed by atoms with Crippen LogP contribution in [-0.2, 0) is 19.4 Å². The Morgan fingerprint density at radius 1 is 1.31 bits per heavy atom. The Morgan fingerprint density at radius 3 is 2.94 bits per heavy atom. The molecule has 0 amide bonds. The summed E-state index contributed by atoms with van der Waals surface area (Å²) in [6.45, 7) is 2.62. The number of rotatable bonds is 3. The first-order chi connectivity index (χ1) is 7.88. The average Bonchev–Trinajstić information content (AvgIpc) is 3.13. The molecule has 1 saturated carbocycles. The minimum atomic E-state index is 0.636. The number of hydrogen-bond acceptors (Lipinski definition) is 4. The van der Waals surface area contributed by atoms with E-state index in [0.29, 0.717) is 12.5 Å². The first kappa shape index (κ1) is 10.2. The van der Waals surface area contributed by atoms with E-state index in [1.807, 2.05) is 0 Å². The maximum absolute atomic E-state index is 5.65. The lowest BCUT2D eigenvalue weighted by molar-refractivity contribution is 0.608. The van der Waals surface area contributed by atoms with Crippen LogP contribution in [0.5, 0.6) is 0 Å². The van der Waals surface area contributed by atoms with E-state index in [1.165, 1.54) is 29.8 Å². The van der Waals surface area contributed by atoms with E-state index in [2.05, 4.69) is 5.32 Å². The van der Waals surface area contributed by atoms with Crippen molar-refractivity contribution in [2.24, 2.45) is 5.73 Å². The van der Waals surface area contributed by atoms with Crippen molar-refractivity contribution in [2.45, 2.75) is 38.1 Å². The van der Waals surface area contributed by atoms with Gasteiger partial charge in [0, 0.05) is 37.4 Å². The van der Waals surface area contributed by atoms with Crippen molar-refractivity contribution in [3.63, 3.8) is 0 Å². The zero-order valence-electron chi connectivity index (χ0n) is 9.50. The normalized spacial score (nSPS) is 19.6. The summed E-state index contributed by atoms with van der Waals surface area (Å²) in [5.74, 6) is 1.71. The summed E-state index contributed by atoms with van der Waals surface area (Å²) in [6, 6.07) is 0. The van der Waals surface area contributed by atoms with Crippen LogP contribution in [0.15, 0.2) is 0 Å². The van der Waals surface area contributed by atoms with E-state index in [4.69, 9.17) is 15.7 Å². The molecule has 1 fully saturated rings. The molecule has 1 aromatic rings. The van der Waals surface area contributed by atoms with Gasteiger partial charge < -0.3 is 11.1 Å². The average molecular weight is 218 g/mol. The minimum Gasteiger partial charge on any atom is -0.330 e. The first-order valence-electron chi connectivity index (χ1n) is 6.18. The molecule has 3 N–H and O–H groups in total. The minimum absolute atomic E-state index is 0.636. The fourth-order valence-electron chi connectivity index (χ4n) is 2.30. The van der Waals surface area contributed by atoms with Crippen LogP contribution in [-0.4, -0.2) is 23.1 Å². The van der Waals surface area contributed by atoms with Gasteiger partial charge in [-0.2, -0.15) is 0 Å². The van der Waals surface area contributed by atoms with Gasteiger partial charge in [-0.05, 0) is 19.4 Å². The van der Waals surface area contributed by atoms with Crippen LogP contribution in [0.25, 0.3) is 0 Å². The molecular weight excluding hydrogens is 200 g/mol. The molecule has 1 aliphatic heterocycles. The van der Waals surface area contributed by atoms with Gasteiger partial charge in [0.15, 0.2) is 0 Å². The van der Waals surface area contributed by atoms with E-state index in [-0.39, 0.29) is 0 Å². The molecule has 1 aromatic heterocycles. The van der Waals surface area contributed by atoms with Crippen molar-refractivity contribution >= 4 is 0 Å². The van der Waals surface area contributed by atoms with Crippen molar-refractivity contribution in [1.29, 1.82) is 0 Å². The predicted molar refractivity (Wildman–Crippen MR) is 62.2 cm³/mol. The van der Waals surface area contributed by atoms with E-state index in [9.17, 15) is 0 Å². The SMILES string of the molecule is NCCc1nc(C2CC2)nc2c1CNCC2. The first-order valence-corrected chi connectivity index (χ1v) is 6.18. The van der Waals surface area contributed by atoms with Crippen molar-refractivity contribution in [3.8, 4) is 0 Å². The molecule has 2 aliphatic rings. The zero-order chi connectivity index (χ0) is 11.0. The zero-order valence-corrected chi connectivity index (χ0v) is 9.50. The van der Waals surface area contributed by atoms with Crippen molar-refractivity contribution < 1.29 is 0 Å². The molecule has 0 saturated heterocycles. The van der Waals surface area contributed by atoms with Crippen LogP contribution >= 0.6 is 0 Å². The molecule has 1 aliphatic carbocycles. The van der Waals surface area contributed by atoms with Gasteiger partial charge in [-0.3, -0.25) is 0 Å². The Labute approximate surface area is 95.7 Å². The lowest BCUT2D eigenvalue weighted by Crippen LogP contribution is -2.27. The van der Waals surface area contributed by atoms with Gasteiger partial charge in [0.05, 0.1) is 11.4 Å². The van der Waals surface area contributed by atoms with Crippen LogP contribution in [0.2, 0.25) is 0 Å². The molecule has 0 atom stereocenters. The Kier molecular flexibility index (Phi) is 2.61. The quantitative estimate of drug-likeness (QED) is 0.775. The van der Waals surface area contributed by atoms with Crippen LogP contribution in [0.4, 0.5) is 0 Å². The summed E-state index contributed by atoms with van der Waals surface area (Å²) in [6.07, 6.45) is 4.44. The van der Waals surface area contributed by atoms with Crippen LogP contribution in [0.1, 0.15) is 41.5 Å². The molecule has 0 spiro atoms. The van der Waals surface area contributed by atoms with Gasteiger partial charge in [-0.1, -0.05) is 0 Å². The van der Waals surface area contributed by atoms with Crippen LogP contribution in [0, 0.1) is 0 Å². The standard InChI is InChI=1S/C12H18N4/c13-5-3-10-9-7-14-6-4-11(9)16-12(15-10)8-1-2-8/h8,14H,1-7,13H2. The molecule has 86 valence electrons. The Hall–Kier alpha value is -1.00. The lowest BCUT2D eigenvalue weighted by Gasteiger charge is -2.19. The highest BCUT2D eigenvalue weighted by Crippen LogP contribution is 2.38. The Bertz CT molecular complexity index is 398. The van der Waals surface area contributed by atoms with Crippen molar-refractivity contribution in [1.82, 2.24) is 15.3 Å². The fraction of sp³-hybridized carbons (Fsp3) is 0.667. The molecular formula is C12H18N4. The summed E-state index contributed by atoms with van der Waals surface area (Å²) in [5.41, 5.74) is 9.41. The summed E-state index contributed by atoms with van der Waals surface area (Å²) in [4.78, 5) is 9.43. The smallest absolute Gasteiger partial charge is 0.131 e. The summed E-state index contributed by atoms with van der Waals surface area (Å²) in [5, 5.41) is 3.38. The predicted octanol–water partition coefficient (Wildman–Crippen LogP) is 0.501. The highest BCUT2D eigenvalue weighted by molar-refractivity contribution is 5.30. The molecule has 0 unspecified atom stereocenters. The second-order valence-corrected chi connectivity index (χ2v) is 4.69. The van der Waals surface area contributed by atoms with E-state index >= 15 is 0 Å². The molecule has 0 aromatic carbocycles. The molecule has 3 rings (SSSR count). The van der Waals surface area contributed by atoms with E-state index < -0.39 is 0 Å². The van der Waals surface area contributed by atoms with Gasteiger partial charge in [0.25, 0.3) is 0 Å². The number of fused-ring (bicyclic) bond motifs is 1. The largest absolute Gasteiger partial charge is 0.330 e. The second kappa shape index (κ2) is 4.11. The number of nitrogens with one attached hydrogen (secondary N) is 1. The topological polar surface area (TPSA) is 63.8 Å². The fourth-order valence-corrected chi connectivity index (χ4v) is 2.30. The van der Waals surface area contributed by atoms with Gasteiger partial charge in [-0.15, -0.1) is 0 Å². The number of nitrogens with zero attached hydrogens (tertiary/aromatic N) is 2. The second-order valence-electron chi connectivity index (χ2n) is 4.69. The number of nitrogens with two attached hydrogens (primary N) is 1. The number of hydrogen-bond donors (Lipinski definition) is 2. The number of aromatic nitrogens is 2. The Morgan fingerprint density at radius 2 is 2.19 bits per heavy atom. The third-order valence-electron chi connectivity index (χ3n) is 3.36. The van der Waals surface area contributed by atoms with Gasteiger partial charge >= 0.3 is 0 Å². The van der Waals surface area contributed by atoms with E-state index in [1.54, 1.807) is 0 Å². The molecule has 0 radical (unpaired) electrons. The summed E-state index contributed by atoms with van der Waals surface area (Å²) < 4.78 is 0. The van der Waals surface area contributed by atoms with Crippen LogP contribution < -0.4 is 11.1 Å². The highest BCUT2D eigenvalue weighted by Gasteiger charge is 2.28.